The van der Waals surface area contributed by atoms with Crippen LogP contribution in [-0.2, 0) is 9.53 Å². The molecule has 0 amide bonds. The second-order valence-corrected chi connectivity index (χ2v) is 4.91. The van der Waals surface area contributed by atoms with Gasteiger partial charge in [0.15, 0.2) is 0 Å². The quantitative estimate of drug-likeness (QED) is 0.616. The van der Waals surface area contributed by atoms with Crippen molar-refractivity contribution in [1.29, 1.82) is 0 Å². The first-order valence-corrected chi connectivity index (χ1v) is 6.13. The van der Waals surface area contributed by atoms with E-state index >= 15 is 0 Å². The van der Waals surface area contributed by atoms with Crippen molar-refractivity contribution in [3.63, 3.8) is 0 Å². The molecule has 0 aromatic heterocycles. The summed E-state index contributed by atoms with van der Waals surface area (Å²) in [7, 11) is 0. The van der Waals surface area contributed by atoms with Crippen LogP contribution in [0, 0.1) is 0 Å². The third kappa shape index (κ3) is 1.91. The van der Waals surface area contributed by atoms with Crippen LogP contribution in [0.5, 0.6) is 0 Å². The molecule has 2 aromatic carbocycles. The summed E-state index contributed by atoms with van der Waals surface area (Å²) < 4.78 is 5.29. The fourth-order valence-electron chi connectivity index (χ4n) is 2.18. The third-order valence-corrected chi connectivity index (χ3v) is 3.53. The van der Waals surface area contributed by atoms with Gasteiger partial charge in [0.1, 0.15) is 11.4 Å². The molecule has 0 saturated carbocycles. The maximum Gasteiger partial charge on any atom is 0.319 e. The van der Waals surface area contributed by atoms with Gasteiger partial charge in [-0.3, -0.25) is 4.79 Å². The van der Waals surface area contributed by atoms with Gasteiger partial charge in [-0.15, -0.1) is 0 Å². The number of fused-ring (bicyclic) bond motifs is 1. The Bertz CT molecular complexity index is 579. The lowest BCUT2D eigenvalue weighted by Gasteiger charge is -2.10. The van der Waals surface area contributed by atoms with Crippen LogP contribution in [0.1, 0.15) is 18.1 Å². The first kappa shape index (κ1) is 10.7. The molecule has 1 aliphatic rings. The predicted molar refractivity (Wildman–Crippen MR) is 70.2 cm³/mol. The molecule has 2 nitrogen and oxygen atoms in total. The van der Waals surface area contributed by atoms with E-state index in [9.17, 15) is 4.79 Å². The topological polar surface area (TPSA) is 26.3 Å². The zero-order valence-electron chi connectivity index (χ0n) is 9.17. The molecule has 2 aromatic rings. The monoisotopic (exact) mass is 244 g/mol. The van der Waals surface area contributed by atoms with E-state index in [-0.39, 0.29) is 17.3 Å². The van der Waals surface area contributed by atoms with Crippen LogP contribution in [-0.4, -0.2) is 11.2 Å². The minimum Gasteiger partial charge on any atom is -0.457 e. The predicted octanol–water partition coefficient (Wildman–Crippen LogP) is 3.13. The van der Waals surface area contributed by atoms with E-state index in [0.717, 1.165) is 5.56 Å². The smallest absolute Gasteiger partial charge is 0.319 e. The average molecular weight is 244 g/mol. The summed E-state index contributed by atoms with van der Waals surface area (Å²) in [6.45, 7) is 0. The highest BCUT2D eigenvalue weighted by Gasteiger charge is 2.32. The minimum atomic E-state index is -0.286. The summed E-state index contributed by atoms with van der Waals surface area (Å²) in [6, 6.07) is 14.3. The molecule has 0 radical (unpaired) electrons. The van der Waals surface area contributed by atoms with Crippen molar-refractivity contribution < 1.29 is 9.53 Å². The van der Waals surface area contributed by atoms with Crippen molar-refractivity contribution in [2.45, 2.75) is 17.8 Å². The van der Waals surface area contributed by atoms with E-state index < -0.39 is 0 Å². The SMILES string of the molecule is O=C1O[C@H](c2ccc3ccccc3c2)C[C@@H]1S. The summed E-state index contributed by atoms with van der Waals surface area (Å²) in [5.74, 6) is -0.216. The number of thiol groups is 1. The molecule has 1 fully saturated rings. The van der Waals surface area contributed by atoms with Gasteiger partial charge in [0.2, 0.25) is 0 Å². The summed E-state index contributed by atoms with van der Waals surface area (Å²) >= 11 is 4.20. The number of benzene rings is 2. The van der Waals surface area contributed by atoms with Crippen molar-refractivity contribution in [1.82, 2.24) is 0 Å². The van der Waals surface area contributed by atoms with Gasteiger partial charge in [-0.05, 0) is 22.4 Å². The number of hydrogen-bond donors (Lipinski definition) is 1. The van der Waals surface area contributed by atoms with Crippen molar-refractivity contribution in [2.75, 3.05) is 0 Å². The maximum atomic E-state index is 11.3. The number of esters is 1. The molecule has 1 saturated heterocycles. The van der Waals surface area contributed by atoms with Gasteiger partial charge in [-0.2, -0.15) is 12.6 Å². The molecule has 86 valence electrons. The van der Waals surface area contributed by atoms with Crippen LogP contribution in [0.3, 0.4) is 0 Å². The van der Waals surface area contributed by atoms with Crippen LogP contribution >= 0.6 is 12.6 Å². The molecule has 0 bridgehead atoms. The summed E-state index contributed by atoms with van der Waals surface area (Å²) in [5, 5.41) is 2.08. The van der Waals surface area contributed by atoms with E-state index in [4.69, 9.17) is 4.74 Å². The van der Waals surface area contributed by atoms with Crippen LogP contribution in [0.15, 0.2) is 42.5 Å². The fourth-order valence-corrected chi connectivity index (χ4v) is 2.43. The zero-order valence-corrected chi connectivity index (χ0v) is 10.1. The average Bonchev–Trinajstić information content (AvgIpc) is 2.69. The normalized spacial score (nSPS) is 23.9. The lowest BCUT2D eigenvalue weighted by atomic mass is 10.0. The summed E-state index contributed by atoms with van der Waals surface area (Å²) in [4.78, 5) is 11.3. The second-order valence-electron chi connectivity index (χ2n) is 4.28. The van der Waals surface area contributed by atoms with Gasteiger partial charge in [0.25, 0.3) is 0 Å². The van der Waals surface area contributed by atoms with E-state index in [2.05, 4.69) is 36.9 Å². The standard InChI is InChI=1S/C14H12O2S/c15-14-13(17)8-12(16-14)11-6-5-9-3-1-2-4-10(9)7-11/h1-7,12-13,17H,8H2/t12-,13-/m0/s1. The number of ether oxygens (including phenoxy) is 1. The van der Waals surface area contributed by atoms with Gasteiger partial charge >= 0.3 is 5.97 Å². The lowest BCUT2D eigenvalue weighted by molar-refractivity contribution is -0.141. The minimum absolute atomic E-state index is 0.144. The maximum absolute atomic E-state index is 11.3. The number of carbonyl (C=O) groups is 1. The van der Waals surface area contributed by atoms with E-state index in [0.29, 0.717) is 6.42 Å². The summed E-state index contributed by atoms with van der Waals surface area (Å²) in [5.41, 5.74) is 1.05. The molecule has 0 N–H and O–H groups in total. The zero-order chi connectivity index (χ0) is 11.8. The lowest BCUT2D eigenvalue weighted by Crippen LogP contribution is -2.04. The Kier molecular flexibility index (Phi) is 2.56. The van der Waals surface area contributed by atoms with Crippen molar-refractivity contribution in [3.8, 4) is 0 Å². The Morgan fingerprint density at radius 1 is 1.12 bits per heavy atom. The van der Waals surface area contributed by atoms with Gasteiger partial charge < -0.3 is 4.74 Å². The Hall–Kier alpha value is -1.48. The molecule has 1 aliphatic heterocycles. The Labute approximate surface area is 105 Å². The Balaban J connectivity index is 1.99. The van der Waals surface area contributed by atoms with E-state index in [1.54, 1.807) is 0 Å². The Morgan fingerprint density at radius 2 is 1.88 bits per heavy atom. The number of carbonyl (C=O) groups excluding carboxylic acids is 1. The number of cyclic esters (lactones) is 1. The molecular weight excluding hydrogens is 232 g/mol. The molecular formula is C14H12O2S. The molecule has 1 heterocycles. The van der Waals surface area contributed by atoms with Crippen LogP contribution in [0.2, 0.25) is 0 Å². The highest BCUT2D eigenvalue weighted by molar-refractivity contribution is 7.81. The number of rotatable bonds is 1. The van der Waals surface area contributed by atoms with Crippen molar-refractivity contribution >= 4 is 29.4 Å². The van der Waals surface area contributed by atoms with Gasteiger partial charge in [0.05, 0.1) is 0 Å². The van der Waals surface area contributed by atoms with E-state index in [1.165, 1.54) is 10.8 Å². The van der Waals surface area contributed by atoms with Crippen LogP contribution in [0.25, 0.3) is 10.8 Å². The molecule has 0 aliphatic carbocycles. The molecule has 0 spiro atoms. The number of hydrogen-bond acceptors (Lipinski definition) is 3. The Morgan fingerprint density at radius 3 is 2.59 bits per heavy atom. The van der Waals surface area contributed by atoms with Crippen molar-refractivity contribution in [2.24, 2.45) is 0 Å². The molecule has 3 heteroatoms. The molecule has 17 heavy (non-hydrogen) atoms. The summed E-state index contributed by atoms with van der Waals surface area (Å²) in [6.07, 6.45) is 0.509. The fraction of sp³-hybridized carbons (Fsp3) is 0.214. The molecule has 2 atom stereocenters. The second kappa shape index (κ2) is 4.08. The highest BCUT2D eigenvalue weighted by Crippen LogP contribution is 2.33. The van der Waals surface area contributed by atoms with E-state index in [1.807, 2.05) is 18.2 Å². The molecule has 0 unspecified atom stereocenters. The van der Waals surface area contributed by atoms with Crippen molar-refractivity contribution in [3.05, 3.63) is 48.0 Å². The highest BCUT2D eigenvalue weighted by atomic mass is 32.1. The molecule has 3 rings (SSSR count). The first-order valence-electron chi connectivity index (χ1n) is 5.61. The first-order chi connectivity index (χ1) is 8.24. The van der Waals surface area contributed by atoms with Gasteiger partial charge in [-0.25, -0.2) is 0 Å². The van der Waals surface area contributed by atoms with Crippen LogP contribution < -0.4 is 0 Å². The third-order valence-electron chi connectivity index (χ3n) is 3.11. The van der Waals surface area contributed by atoms with Gasteiger partial charge in [-0.1, -0.05) is 36.4 Å². The largest absolute Gasteiger partial charge is 0.457 e. The van der Waals surface area contributed by atoms with Crippen LogP contribution in [0.4, 0.5) is 0 Å². The van der Waals surface area contributed by atoms with Gasteiger partial charge in [0, 0.05) is 6.42 Å².